The molecule has 0 aliphatic rings. The molecule has 118 valence electrons. The maximum Gasteiger partial charge on any atom is 0.239 e. The summed E-state index contributed by atoms with van der Waals surface area (Å²) in [6.07, 6.45) is 2.40. The second kappa shape index (κ2) is 7.93. The average molecular weight is 296 g/mol. The van der Waals surface area contributed by atoms with Gasteiger partial charge in [0.1, 0.15) is 0 Å². The Morgan fingerprint density at radius 3 is 2.71 bits per heavy atom. The third kappa shape index (κ3) is 6.53. The van der Waals surface area contributed by atoms with Crippen molar-refractivity contribution in [3.05, 3.63) is 23.6 Å². The summed E-state index contributed by atoms with van der Waals surface area (Å²) in [4.78, 5) is 15.4. The summed E-state index contributed by atoms with van der Waals surface area (Å²) in [5, 5.41) is 8.68. The number of aromatic nitrogens is 1. The number of rotatable bonds is 7. The first kappa shape index (κ1) is 17.4. The minimum Gasteiger partial charge on any atom is -0.359 e. The summed E-state index contributed by atoms with van der Waals surface area (Å²) < 4.78 is 14.3. The molecule has 0 radical (unpaired) electrons. The Morgan fingerprint density at radius 1 is 1.38 bits per heavy atom. The number of amides is 1. The zero-order chi connectivity index (χ0) is 15.9. The molecule has 0 unspecified atom stereocenters. The number of carbonyl (C=O) groups excluding carboxylic acids is 1. The normalized spacial score (nSPS) is 11.3. The number of halogens is 1. The molecular weight excluding hydrogens is 271 g/mol. The van der Waals surface area contributed by atoms with Crippen LogP contribution in [0.5, 0.6) is 0 Å². The summed E-state index contributed by atoms with van der Waals surface area (Å²) in [6, 6.07) is 1.64. The molecule has 1 rings (SSSR count). The molecule has 21 heavy (non-hydrogen) atoms. The lowest BCUT2D eigenvalue weighted by Crippen LogP contribution is -2.35. The molecule has 6 heteroatoms. The van der Waals surface area contributed by atoms with Crippen LogP contribution in [-0.2, 0) is 11.3 Å². The Kier molecular flexibility index (Phi) is 6.55. The fourth-order valence-corrected chi connectivity index (χ4v) is 1.59. The first-order chi connectivity index (χ1) is 9.83. The van der Waals surface area contributed by atoms with Gasteiger partial charge in [-0.1, -0.05) is 6.92 Å². The highest BCUT2D eigenvalue weighted by Gasteiger charge is 2.13. The lowest BCUT2D eigenvalue weighted by molar-refractivity contribution is -0.119. The van der Waals surface area contributed by atoms with Gasteiger partial charge in [-0.05, 0) is 33.3 Å². The molecule has 0 fully saturated rings. The van der Waals surface area contributed by atoms with Crippen LogP contribution in [-0.4, -0.2) is 29.5 Å². The van der Waals surface area contributed by atoms with Crippen LogP contribution >= 0.6 is 0 Å². The van der Waals surface area contributed by atoms with E-state index in [1.54, 1.807) is 6.07 Å². The van der Waals surface area contributed by atoms with Gasteiger partial charge in [0.2, 0.25) is 5.91 Å². The molecule has 0 saturated carbocycles. The SMILES string of the molecule is CCCNC(=O)CNc1nccc(CNC(C)(C)C)c1F. The largest absolute Gasteiger partial charge is 0.359 e. The van der Waals surface area contributed by atoms with Gasteiger partial charge < -0.3 is 16.0 Å². The van der Waals surface area contributed by atoms with Crippen molar-refractivity contribution in [3.8, 4) is 0 Å². The molecule has 0 spiro atoms. The van der Waals surface area contributed by atoms with Gasteiger partial charge in [0.25, 0.3) is 0 Å². The minimum absolute atomic E-state index is 0.0140. The van der Waals surface area contributed by atoms with Crippen molar-refractivity contribution < 1.29 is 9.18 Å². The number of pyridine rings is 1. The van der Waals surface area contributed by atoms with E-state index >= 15 is 0 Å². The number of nitrogens with zero attached hydrogens (tertiary/aromatic N) is 1. The first-order valence-electron chi connectivity index (χ1n) is 7.22. The van der Waals surface area contributed by atoms with Crippen LogP contribution in [0.15, 0.2) is 12.3 Å². The summed E-state index contributed by atoms with van der Waals surface area (Å²) in [5.74, 6) is -0.483. The predicted molar refractivity (Wildman–Crippen MR) is 82.6 cm³/mol. The van der Waals surface area contributed by atoms with Crippen LogP contribution in [0.2, 0.25) is 0 Å². The molecule has 0 atom stereocenters. The van der Waals surface area contributed by atoms with Crippen LogP contribution in [0.25, 0.3) is 0 Å². The van der Waals surface area contributed by atoms with Crippen molar-refractivity contribution in [3.63, 3.8) is 0 Å². The van der Waals surface area contributed by atoms with Crippen LogP contribution < -0.4 is 16.0 Å². The molecular formula is C15H25FN4O. The highest BCUT2D eigenvalue weighted by atomic mass is 19.1. The fraction of sp³-hybridized carbons (Fsp3) is 0.600. The number of nitrogens with one attached hydrogen (secondary N) is 3. The Hall–Kier alpha value is -1.69. The van der Waals surface area contributed by atoms with E-state index in [2.05, 4.69) is 20.9 Å². The molecule has 0 bridgehead atoms. The van der Waals surface area contributed by atoms with E-state index in [-0.39, 0.29) is 23.8 Å². The van der Waals surface area contributed by atoms with Gasteiger partial charge >= 0.3 is 0 Å². The van der Waals surface area contributed by atoms with Crippen molar-refractivity contribution in [2.75, 3.05) is 18.4 Å². The van der Waals surface area contributed by atoms with Crippen molar-refractivity contribution in [2.24, 2.45) is 0 Å². The summed E-state index contributed by atoms with van der Waals surface area (Å²) in [5.41, 5.74) is 0.431. The van der Waals surface area contributed by atoms with E-state index in [0.717, 1.165) is 6.42 Å². The predicted octanol–water partition coefficient (Wildman–Crippen LogP) is 2.05. The number of anilines is 1. The van der Waals surface area contributed by atoms with Crippen LogP contribution in [0.1, 0.15) is 39.7 Å². The maximum atomic E-state index is 14.3. The Bertz CT molecular complexity index is 471. The van der Waals surface area contributed by atoms with E-state index in [1.807, 2.05) is 27.7 Å². The molecule has 0 aliphatic heterocycles. The third-order valence-electron chi connectivity index (χ3n) is 2.77. The third-order valence-corrected chi connectivity index (χ3v) is 2.77. The number of hydrogen-bond acceptors (Lipinski definition) is 4. The molecule has 1 amide bonds. The van der Waals surface area contributed by atoms with E-state index in [0.29, 0.717) is 18.7 Å². The maximum absolute atomic E-state index is 14.3. The van der Waals surface area contributed by atoms with Gasteiger partial charge in [-0.15, -0.1) is 0 Å². The molecule has 0 saturated heterocycles. The zero-order valence-electron chi connectivity index (χ0n) is 13.2. The zero-order valence-corrected chi connectivity index (χ0v) is 13.2. The van der Waals surface area contributed by atoms with Crippen molar-refractivity contribution in [2.45, 2.75) is 46.2 Å². The van der Waals surface area contributed by atoms with E-state index < -0.39 is 5.82 Å². The molecule has 0 aliphatic carbocycles. The molecule has 5 nitrogen and oxygen atoms in total. The van der Waals surface area contributed by atoms with E-state index in [1.165, 1.54) is 6.20 Å². The highest BCUT2D eigenvalue weighted by molar-refractivity contribution is 5.80. The molecule has 1 aromatic heterocycles. The van der Waals surface area contributed by atoms with Gasteiger partial charge in [0, 0.05) is 30.4 Å². The number of carbonyl (C=O) groups is 1. The quantitative estimate of drug-likeness (QED) is 0.720. The standard InChI is InChI=1S/C15H25FN4O/c1-5-7-17-12(21)10-19-14-13(16)11(6-8-18-14)9-20-15(2,3)4/h6,8,20H,5,7,9-10H2,1-4H3,(H,17,21)(H,18,19). The average Bonchev–Trinajstić information content (AvgIpc) is 2.41. The van der Waals surface area contributed by atoms with Crippen LogP contribution in [0, 0.1) is 5.82 Å². The smallest absolute Gasteiger partial charge is 0.239 e. The molecule has 1 aromatic rings. The van der Waals surface area contributed by atoms with Gasteiger partial charge in [-0.2, -0.15) is 0 Å². The number of hydrogen-bond donors (Lipinski definition) is 3. The van der Waals surface area contributed by atoms with Gasteiger partial charge in [-0.3, -0.25) is 4.79 Å². The lowest BCUT2D eigenvalue weighted by Gasteiger charge is -2.21. The fourth-order valence-electron chi connectivity index (χ4n) is 1.59. The second-order valence-corrected chi connectivity index (χ2v) is 5.94. The van der Waals surface area contributed by atoms with Gasteiger partial charge in [-0.25, -0.2) is 9.37 Å². The Balaban J connectivity index is 2.61. The minimum atomic E-state index is -0.419. The Morgan fingerprint density at radius 2 is 2.10 bits per heavy atom. The summed E-state index contributed by atoms with van der Waals surface area (Å²) in [7, 11) is 0. The highest BCUT2D eigenvalue weighted by Crippen LogP contribution is 2.15. The molecule has 0 aromatic carbocycles. The van der Waals surface area contributed by atoms with E-state index in [9.17, 15) is 9.18 Å². The van der Waals surface area contributed by atoms with Crippen LogP contribution in [0.4, 0.5) is 10.2 Å². The van der Waals surface area contributed by atoms with Crippen molar-refractivity contribution >= 4 is 11.7 Å². The van der Waals surface area contributed by atoms with E-state index in [4.69, 9.17) is 0 Å². The summed E-state index contributed by atoms with van der Waals surface area (Å²) >= 11 is 0. The van der Waals surface area contributed by atoms with Crippen molar-refractivity contribution in [1.29, 1.82) is 0 Å². The summed E-state index contributed by atoms with van der Waals surface area (Å²) in [6.45, 7) is 9.07. The van der Waals surface area contributed by atoms with Crippen molar-refractivity contribution in [1.82, 2.24) is 15.6 Å². The molecule has 3 N–H and O–H groups in total. The first-order valence-corrected chi connectivity index (χ1v) is 7.22. The monoisotopic (exact) mass is 296 g/mol. The van der Waals surface area contributed by atoms with Gasteiger partial charge in [0.05, 0.1) is 6.54 Å². The van der Waals surface area contributed by atoms with Gasteiger partial charge in [0.15, 0.2) is 11.6 Å². The molecule has 1 heterocycles. The topological polar surface area (TPSA) is 66.0 Å². The second-order valence-electron chi connectivity index (χ2n) is 5.94. The lowest BCUT2D eigenvalue weighted by atomic mass is 10.1. The van der Waals surface area contributed by atoms with Crippen LogP contribution in [0.3, 0.4) is 0 Å². The Labute approximate surface area is 125 Å².